The van der Waals surface area contributed by atoms with Crippen LogP contribution >= 0.6 is 0 Å². The number of aryl methyl sites for hydroxylation is 1. The van der Waals surface area contributed by atoms with E-state index in [4.69, 9.17) is 4.18 Å². The molecule has 0 amide bonds. The molecular weight excluding hydrogens is 274 g/mol. The molecule has 0 radical (unpaired) electrons. The molecule has 1 aliphatic carbocycles. The van der Waals surface area contributed by atoms with Crippen LogP contribution in [0.2, 0.25) is 0 Å². The van der Waals surface area contributed by atoms with Crippen molar-refractivity contribution in [2.45, 2.75) is 50.0 Å². The van der Waals surface area contributed by atoms with E-state index in [9.17, 15) is 13.7 Å². The molecule has 1 aromatic carbocycles. The highest BCUT2D eigenvalue weighted by Gasteiger charge is 2.29. The average Bonchev–Trinajstić information content (AvgIpc) is 2.46. The first-order valence-electron chi connectivity index (χ1n) is 6.92. The van der Waals surface area contributed by atoms with Gasteiger partial charge in [0, 0.05) is 5.92 Å². The van der Waals surface area contributed by atoms with Crippen LogP contribution in [-0.4, -0.2) is 14.5 Å². The minimum Gasteiger partial charge on any atom is -0.247 e. The summed E-state index contributed by atoms with van der Waals surface area (Å²) in [6.45, 7) is 1.89. The first-order valence-corrected chi connectivity index (χ1v) is 8.33. The molecule has 20 heavy (non-hydrogen) atoms. The third-order valence-corrected chi connectivity index (χ3v) is 5.06. The minimum absolute atomic E-state index is 0.0222. The van der Waals surface area contributed by atoms with Crippen LogP contribution in [-0.2, 0) is 14.3 Å². The highest BCUT2D eigenvalue weighted by molar-refractivity contribution is 7.86. The molecule has 1 aromatic rings. The molecule has 1 fully saturated rings. The molecule has 0 heterocycles. The summed E-state index contributed by atoms with van der Waals surface area (Å²) in [6, 6.07) is 8.48. The van der Waals surface area contributed by atoms with Gasteiger partial charge in [-0.15, -0.1) is 0 Å². The first-order chi connectivity index (χ1) is 9.53. The molecule has 0 spiro atoms. The fraction of sp³-hybridized carbons (Fsp3) is 0.533. The summed E-state index contributed by atoms with van der Waals surface area (Å²) >= 11 is 0. The topological polar surface area (TPSA) is 67.2 Å². The molecule has 1 saturated carbocycles. The van der Waals surface area contributed by atoms with Crippen LogP contribution < -0.4 is 0 Å². The van der Waals surface area contributed by atoms with Gasteiger partial charge in [0.25, 0.3) is 10.1 Å². The van der Waals surface area contributed by atoms with Gasteiger partial charge >= 0.3 is 0 Å². The second-order valence-corrected chi connectivity index (χ2v) is 6.88. The van der Waals surface area contributed by atoms with Gasteiger partial charge in [-0.05, 0) is 31.9 Å². The molecule has 5 heteroatoms. The molecule has 0 aromatic heterocycles. The highest BCUT2D eigenvalue weighted by atomic mass is 32.2. The van der Waals surface area contributed by atoms with Crippen LogP contribution in [0.1, 0.15) is 37.7 Å². The second kappa shape index (κ2) is 6.38. The first kappa shape index (κ1) is 15.0. The lowest BCUT2D eigenvalue weighted by atomic mass is 9.86. The Labute approximate surface area is 120 Å². The number of benzene rings is 1. The van der Waals surface area contributed by atoms with Crippen molar-refractivity contribution < 1.29 is 12.6 Å². The Kier molecular flexibility index (Phi) is 4.79. The van der Waals surface area contributed by atoms with Crippen molar-refractivity contribution in [3.8, 4) is 6.07 Å². The Morgan fingerprint density at radius 3 is 2.35 bits per heavy atom. The Balaban J connectivity index is 2.13. The lowest BCUT2D eigenvalue weighted by Crippen LogP contribution is -2.27. The van der Waals surface area contributed by atoms with Gasteiger partial charge < -0.3 is 0 Å². The van der Waals surface area contributed by atoms with Crippen LogP contribution in [0.4, 0.5) is 0 Å². The van der Waals surface area contributed by atoms with Gasteiger partial charge in [-0.3, -0.25) is 0 Å². The van der Waals surface area contributed by atoms with Gasteiger partial charge in [-0.1, -0.05) is 37.0 Å². The van der Waals surface area contributed by atoms with E-state index < -0.39 is 16.2 Å². The molecule has 0 aliphatic heterocycles. The van der Waals surface area contributed by atoms with Gasteiger partial charge in [-0.2, -0.15) is 13.7 Å². The average molecular weight is 293 g/mol. The highest BCUT2D eigenvalue weighted by Crippen LogP contribution is 2.29. The third-order valence-electron chi connectivity index (χ3n) is 3.75. The Morgan fingerprint density at radius 1 is 1.20 bits per heavy atom. The summed E-state index contributed by atoms with van der Waals surface area (Å²) in [5.74, 6) is 0.0222. The van der Waals surface area contributed by atoms with E-state index in [0.29, 0.717) is 0 Å². The smallest absolute Gasteiger partial charge is 0.247 e. The van der Waals surface area contributed by atoms with Crippen LogP contribution in [0.15, 0.2) is 29.2 Å². The zero-order valence-corrected chi connectivity index (χ0v) is 12.4. The number of nitrogens with zero attached hydrogens (tertiary/aromatic N) is 1. The van der Waals surface area contributed by atoms with Gasteiger partial charge in [0.05, 0.1) is 11.0 Å². The summed E-state index contributed by atoms with van der Waals surface area (Å²) < 4.78 is 29.5. The number of hydrogen-bond acceptors (Lipinski definition) is 4. The fourth-order valence-electron chi connectivity index (χ4n) is 2.54. The SMILES string of the molecule is Cc1ccc(S(=O)(=O)O[C@@H](C#N)C2CCCCC2)cc1. The van der Waals surface area contributed by atoms with Crippen molar-refractivity contribution in [2.75, 3.05) is 0 Å². The summed E-state index contributed by atoms with van der Waals surface area (Å²) in [4.78, 5) is 0.110. The fourth-order valence-corrected chi connectivity index (χ4v) is 3.59. The molecule has 2 rings (SSSR count). The van der Waals surface area contributed by atoms with E-state index in [-0.39, 0.29) is 10.8 Å². The zero-order chi connectivity index (χ0) is 14.6. The molecule has 0 bridgehead atoms. The van der Waals surface area contributed by atoms with E-state index in [1.54, 1.807) is 12.1 Å². The summed E-state index contributed by atoms with van der Waals surface area (Å²) in [5, 5.41) is 9.19. The van der Waals surface area contributed by atoms with Gasteiger partial charge in [-0.25, -0.2) is 4.18 Å². The van der Waals surface area contributed by atoms with Gasteiger partial charge in [0.1, 0.15) is 0 Å². The standard InChI is InChI=1S/C15H19NO3S/c1-12-7-9-14(10-8-12)20(17,18)19-15(11-16)13-5-3-2-4-6-13/h7-10,13,15H,2-6H2,1H3/t15-/m0/s1. The maximum atomic E-state index is 12.2. The lowest BCUT2D eigenvalue weighted by Gasteiger charge is -2.25. The number of hydrogen-bond donors (Lipinski definition) is 0. The van der Waals surface area contributed by atoms with E-state index in [1.165, 1.54) is 12.1 Å². The molecule has 0 unspecified atom stereocenters. The van der Waals surface area contributed by atoms with Crippen LogP contribution in [0.5, 0.6) is 0 Å². The maximum Gasteiger partial charge on any atom is 0.298 e. The van der Waals surface area contributed by atoms with Crippen molar-refractivity contribution in [3.05, 3.63) is 29.8 Å². The maximum absolute atomic E-state index is 12.2. The van der Waals surface area contributed by atoms with Crippen molar-refractivity contribution >= 4 is 10.1 Å². The monoisotopic (exact) mass is 293 g/mol. The second-order valence-electron chi connectivity index (χ2n) is 5.31. The van der Waals surface area contributed by atoms with E-state index in [1.807, 2.05) is 13.0 Å². The predicted molar refractivity (Wildman–Crippen MR) is 75.4 cm³/mol. The zero-order valence-electron chi connectivity index (χ0n) is 11.6. The summed E-state index contributed by atoms with van der Waals surface area (Å²) in [6.07, 6.45) is 4.08. The Hall–Kier alpha value is -1.38. The van der Waals surface area contributed by atoms with E-state index >= 15 is 0 Å². The van der Waals surface area contributed by atoms with Crippen molar-refractivity contribution in [2.24, 2.45) is 5.92 Å². The van der Waals surface area contributed by atoms with E-state index in [2.05, 4.69) is 0 Å². The predicted octanol–water partition coefficient (Wildman–Crippen LogP) is 3.17. The van der Waals surface area contributed by atoms with Gasteiger partial charge in [0.2, 0.25) is 0 Å². The minimum atomic E-state index is -3.86. The molecule has 0 saturated heterocycles. The van der Waals surface area contributed by atoms with Crippen LogP contribution in [0.25, 0.3) is 0 Å². The van der Waals surface area contributed by atoms with Crippen molar-refractivity contribution in [1.82, 2.24) is 0 Å². The normalized spacial score (nSPS) is 18.4. The molecule has 1 aliphatic rings. The number of rotatable bonds is 4. The van der Waals surface area contributed by atoms with Crippen molar-refractivity contribution in [1.29, 1.82) is 5.26 Å². The Bertz CT molecular complexity index is 581. The van der Waals surface area contributed by atoms with E-state index in [0.717, 1.165) is 37.7 Å². The van der Waals surface area contributed by atoms with Crippen molar-refractivity contribution in [3.63, 3.8) is 0 Å². The van der Waals surface area contributed by atoms with Crippen LogP contribution in [0.3, 0.4) is 0 Å². The Morgan fingerprint density at radius 2 is 1.80 bits per heavy atom. The third kappa shape index (κ3) is 3.59. The number of nitriles is 1. The largest absolute Gasteiger partial charge is 0.298 e. The molecule has 0 N–H and O–H groups in total. The molecular formula is C15H19NO3S. The summed E-state index contributed by atoms with van der Waals surface area (Å²) in [5.41, 5.74) is 0.980. The quantitative estimate of drug-likeness (QED) is 0.800. The molecule has 1 atom stereocenters. The molecule has 108 valence electrons. The van der Waals surface area contributed by atoms with Gasteiger partial charge in [0.15, 0.2) is 6.10 Å². The molecule has 4 nitrogen and oxygen atoms in total. The summed E-state index contributed by atoms with van der Waals surface area (Å²) in [7, 11) is -3.86. The lowest BCUT2D eigenvalue weighted by molar-refractivity contribution is 0.158. The van der Waals surface area contributed by atoms with Crippen LogP contribution in [0, 0.1) is 24.2 Å².